The molecule has 0 aromatic rings. The molecule has 1 amide bonds. The first-order chi connectivity index (χ1) is 6.44. The van der Waals surface area contributed by atoms with E-state index in [-0.39, 0.29) is 12.1 Å². The molecule has 1 saturated heterocycles. The fourth-order valence-corrected chi connectivity index (χ4v) is 1.62. The number of nitrogens with zero attached hydrogens (tertiary/aromatic N) is 1. The fourth-order valence-electron chi connectivity index (χ4n) is 1.43. The summed E-state index contributed by atoms with van der Waals surface area (Å²) in [5.41, 5.74) is 0. The molecule has 0 aliphatic carbocycles. The summed E-state index contributed by atoms with van der Waals surface area (Å²) in [6.07, 6.45) is 2.05. The number of halogens is 1. The molecule has 1 atom stereocenters. The van der Waals surface area contributed by atoms with Gasteiger partial charge in [0.2, 0.25) is 0 Å². The van der Waals surface area contributed by atoms with Crippen LogP contribution in [0.3, 0.4) is 0 Å². The zero-order chi connectivity index (χ0) is 10.8. The molecule has 5 heteroatoms. The Kier molecular flexibility index (Phi) is 3.74. The summed E-state index contributed by atoms with van der Waals surface area (Å²) in [7, 11) is 0. The van der Waals surface area contributed by atoms with Crippen LogP contribution < -0.4 is 0 Å². The molecule has 1 aliphatic rings. The summed E-state index contributed by atoms with van der Waals surface area (Å²) in [5.74, 6) is 0. The van der Waals surface area contributed by atoms with E-state index in [4.69, 9.17) is 4.74 Å². The van der Waals surface area contributed by atoms with Gasteiger partial charge in [0, 0.05) is 6.54 Å². The van der Waals surface area contributed by atoms with Crippen LogP contribution in [0.5, 0.6) is 0 Å². The molecule has 14 heavy (non-hydrogen) atoms. The molecular weight excluding hydrogens is 297 g/mol. The first-order valence-corrected chi connectivity index (χ1v) is 5.66. The van der Waals surface area contributed by atoms with Crippen molar-refractivity contribution in [3.8, 4) is 0 Å². The fraction of sp³-hybridized carbons (Fsp3) is 0.778. The van der Waals surface area contributed by atoms with Gasteiger partial charge >= 0.3 is 6.09 Å². The third-order valence-corrected chi connectivity index (χ3v) is 2.24. The lowest BCUT2D eigenvalue weighted by molar-refractivity contribution is -0.111. The number of rotatable bonds is 2. The predicted molar refractivity (Wildman–Crippen MR) is 60.4 cm³/mol. The molecular formula is C9H14INO3. The van der Waals surface area contributed by atoms with Crippen molar-refractivity contribution < 1.29 is 14.3 Å². The highest BCUT2D eigenvalue weighted by molar-refractivity contribution is 14.1. The van der Waals surface area contributed by atoms with Gasteiger partial charge < -0.3 is 9.53 Å². The number of amides is 1. The number of aldehydes is 1. The molecule has 0 spiro atoms. The summed E-state index contributed by atoms with van der Waals surface area (Å²) in [6, 6.07) is -0.291. The topological polar surface area (TPSA) is 46.6 Å². The molecule has 1 fully saturated rings. The zero-order valence-corrected chi connectivity index (χ0v) is 10.5. The number of hydrogen-bond acceptors (Lipinski definition) is 3. The van der Waals surface area contributed by atoms with Crippen molar-refractivity contribution in [3.05, 3.63) is 0 Å². The number of likely N-dealkylation sites (tertiary alicyclic amines) is 1. The summed E-state index contributed by atoms with van der Waals surface area (Å²) in [5, 5.41) is 0. The lowest BCUT2D eigenvalue weighted by Crippen LogP contribution is -2.39. The van der Waals surface area contributed by atoms with E-state index in [1.807, 2.05) is 22.6 Å². The average Bonchev–Trinajstić information content (AvgIpc) is 2.47. The van der Waals surface area contributed by atoms with Gasteiger partial charge in [0.1, 0.15) is 6.29 Å². The molecule has 0 radical (unpaired) electrons. The van der Waals surface area contributed by atoms with Crippen molar-refractivity contribution >= 4 is 35.0 Å². The number of alkyl halides is 1. The van der Waals surface area contributed by atoms with Gasteiger partial charge in [-0.25, -0.2) is 4.79 Å². The quantitative estimate of drug-likeness (QED) is 0.445. The molecule has 0 bridgehead atoms. The molecule has 0 aromatic carbocycles. The summed E-state index contributed by atoms with van der Waals surface area (Å²) < 4.78 is 4.65. The van der Waals surface area contributed by atoms with Crippen LogP contribution in [0, 0.1) is 0 Å². The second kappa shape index (κ2) is 4.46. The highest BCUT2D eigenvalue weighted by Gasteiger charge is 2.32. The van der Waals surface area contributed by atoms with E-state index in [1.165, 1.54) is 4.90 Å². The SMILES string of the molecule is CC(C)(I)OC(=O)N1CCC[C@@H]1C=O. The van der Waals surface area contributed by atoms with E-state index >= 15 is 0 Å². The first kappa shape index (κ1) is 11.7. The van der Waals surface area contributed by atoms with Crippen LogP contribution in [0.4, 0.5) is 4.79 Å². The van der Waals surface area contributed by atoms with Crippen LogP contribution in [-0.4, -0.2) is 33.5 Å². The van der Waals surface area contributed by atoms with Gasteiger partial charge in [-0.3, -0.25) is 4.90 Å². The first-order valence-electron chi connectivity index (χ1n) is 4.58. The molecule has 4 nitrogen and oxygen atoms in total. The standard InChI is InChI=1S/C9H14INO3/c1-9(2,10)14-8(13)11-5-3-4-7(11)6-12/h6-7H,3-5H2,1-2H3/t7-/m1/s1. The van der Waals surface area contributed by atoms with E-state index in [1.54, 1.807) is 13.8 Å². The molecule has 0 saturated carbocycles. The lowest BCUT2D eigenvalue weighted by Gasteiger charge is -2.25. The second-order valence-electron chi connectivity index (χ2n) is 3.77. The minimum atomic E-state index is -0.523. The minimum absolute atomic E-state index is 0.291. The van der Waals surface area contributed by atoms with Gasteiger partial charge in [-0.05, 0) is 49.3 Å². The van der Waals surface area contributed by atoms with E-state index < -0.39 is 3.61 Å². The predicted octanol–water partition coefficient (Wildman–Crippen LogP) is 1.96. The van der Waals surface area contributed by atoms with E-state index in [2.05, 4.69) is 0 Å². The van der Waals surface area contributed by atoms with Gasteiger partial charge in [-0.2, -0.15) is 0 Å². The molecule has 1 aliphatic heterocycles. The van der Waals surface area contributed by atoms with Crippen molar-refractivity contribution in [1.29, 1.82) is 0 Å². The van der Waals surface area contributed by atoms with Crippen LogP contribution in [0.15, 0.2) is 0 Å². The van der Waals surface area contributed by atoms with Crippen molar-refractivity contribution in [2.24, 2.45) is 0 Å². The Balaban J connectivity index is 2.56. The van der Waals surface area contributed by atoms with Crippen LogP contribution in [0.25, 0.3) is 0 Å². The van der Waals surface area contributed by atoms with E-state index in [9.17, 15) is 9.59 Å². The maximum absolute atomic E-state index is 11.6. The number of ether oxygens (including phenoxy) is 1. The third kappa shape index (κ3) is 3.11. The second-order valence-corrected chi connectivity index (χ2v) is 6.37. The Morgan fingerprint density at radius 2 is 2.29 bits per heavy atom. The van der Waals surface area contributed by atoms with Crippen molar-refractivity contribution in [3.63, 3.8) is 0 Å². The maximum atomic E-state index is 11.6. The lowest BCUT2D eigenvalue weighted by atomic mass is 10.2. The normalized spacial score (nSPS) is 22.2. The third-order valence-electron chi connectivity index (χ3n) is 2.02. The molecule has 0 unspecified atom stereocenters. The Bertz CT molecular complexity index is 237. The van der Waals surface area contributed by atoms with Gasteiger partial charge in [-0.15, -0.1) is 0 Å². The smallest absolute Gasteiger partial charge is 0.411 e. The van der Waals surface area contributed by atoms with E-state index in [0.29, 0.717) is 6.54 Å². The highest BCUT2D eigenvalue weighted by Crippen LogP contribution is 2.23. The van der Waals surface area contributed by atoms with Crippen molar-refractivity contribution in [2.45, 2.75) is 36.3 Å². The Morgan fingerprint density at radius 3 is 2.79 bits per heavy atom. The Morgan fingerprint density at radius 1 is 1.64 bits per heavy atom. The molecule has 1 heterocycles. The van der Waals surface area contributed by atoms with Crippen LogP contribution >= 0.6 is 22.6 Å². The van der Waals surface area contributed by atoms with Crippen molar-refractivity contribution in [2.75, 3.05) is 6.54 Å². The van der Waals surface area contributed by atoms with Crippen LogP contribution in [-0.2, 0) is 9.53 Å². The van der Waals surface area contributed by atoms with Gasteiger partial charge in [-0.1, -0.05) is 0 Å². The molecule has 0 N–H and O–H groups in total. The zero-order valence-electron chi connectivity index (χ0n) is 8.33. The highest BCUT2D eigenvalue weighted by atomic mass is 127. The summed E-state index contributed by atoms with van der Waals surface area (Å²) in [6.45, 7) is 4.23. The number of hydrogen-bond donors (Lipinski definition) is 0. The monoisotopic (exact) mass is 311 g/mol. The number of carbonyl (C=O) groups is 2. The van der Waals surface area contributed by atoms with Crippen LogP contribution in [0.1, 0.15) is 26.7 Å². The minimum Gasteiger partial charge on any atom is -0.433 e. The van der Waals surface area contributed by atoms with Gasteiger partial charge in [0.25, 0.3) is 0 Å². The maximum Gasteiger partial charge on any atom is 0.411 e. The van der Waals surface area contributed by atoms with Crippen molar-refractivity contribution in [1.82, 2.24) is 4.90 Å². The van der Waals surface area contributed by atoms with Gasteiger partial charge in [0.05, 0.1) is 6.04 Å². The Labute approximate surface area is 97.1 Å². The Hall–Kier alpha value is -0.330. The summed E-state index contributed by atoms with van der Waals surface area (Å²) in [4.78, 5) is 23.7. The molecule has 0 aromatic heterocycles. The van der Waals surface area contributed by atoms with E-state index in [0.717, 1.165) is 19.1 Å². The van der Waals surface area contributed by atoms with Gasteiger partial charge in [0.15, 0.2) is 3.61 Å². The largest absolute Gasteiger partial charge is 0.433 e. The molecule has 1 rings (SSSR count). The van der Waals surface area contributed by atoms with Crippen LogP contribution in [0.2, 0.25) is 0 Å². The molecule has 80 valence electrons. The summed E-state index contributed by atoms with van der Waals surface area (Å²) >= 11 is 2.04. The number of carbonyl (C=O) groups excluding carboxylic acids is 2. The average molecular weight is 311 g/mol.